The molecule has 0 bridgehead atoms. The lowest BCUT2D eigenvalue weighted by atomic mass is 10.0. The Balaban J connectivity index is 0.000000214. The van der Waals surface area contributed by atoms with Crippen molar-refractivity contribution in [1.82, 2.24) is 0 Å². The summed E-state index contributed by atoms with van der Waals surface area (Å²) in [4.78, 5) is 41.2. The first-order valence-electron chi connectivity index (χ1n) is 18.3. The fourth-order valence-corrected chi connectivity index (χ4v) is 12.8. The lowest BCUT2D eigenvalue weighted by molar-refractivity contribution is 0.103. The maximum Gasteiger partial charge on any atom is 0.248 e. The van der Waals surface area contributed by atoms with Gasteiger partial charge in [-0.25, -0.2) is 0 Å². The molecule has 0 heterocycles. The molecule has 0 aliphatic heterocycles. The van der Waals surface area contributed by atoms with Gasteiger partial charge in [-0.15, -0.1) is 0 Å². The minimum Gasteiger partial charge on any atom is -0.305 e. The van der Waals surface area contributed by atoms with Gasteiger partial charge in [-0.3, -0.25) is 14.4 Å². The molecule has 55 heavy (non-hydrogen) atoms. The predicted octanol–water partition coefficient (Wildman–Crippen LogP) is 11.0. The Morgan fingerprint density at radius 2 is 0.582 bits per heavy atom. The summed E-state index contributed by atoms with van der Waals surface area (Å²) in [6.07, 6.45) is 0. The van der Waals surface area contributed by atoms with E-state index in [1.54, 1.807) is 54.6 Å². The average molecular weight is 767 g/mol. The van der Waals surface area contributed by atoms with Crippen LogP contribution < -0.4 is 15.9 Å². The molecule has 0 aliphatic rings. The lowest BCUT2D eigenvalue weighted by Gasteiger charge is -2.21. The molecular formula is C48H48O5P2. The molecule has 0 aliphatic carbocycles. The molecule has 6 aromatic rings. The van der Waals surface area contributed by atoms with E-state index in [1.807, 2.05) is 135 Å². The highest BCUT2D eigenvalue weighted by atomic mass is 31.2. The molecule has 280 valence electrons. The molecule has 0 atom stereocenters. The quantitative estimate of drug-likeness (QED) is 0.137. The molecular weight excluding hydrogens is 718 g/mol. The van der Waals surface area contributed by atoms with Crippen molar-refractivity contribution in [3.05, 3.63) is 194 Å². The van der Waals surface area contributed by atoms with Gasteiger partial charge in [0.15, 0.2) is 0 Å². The van der Waals surface area contributed by atoms with Crippen LogP contribution in [0.25, 0.3) is 0 Å². The summed E-state index contributed by atoms with van der Waals surface area (Å²) in [7, 11) is -7.56. The first-order chi connectivity index (χ1) is 26.0. The fourth-order valence-electron chi connectivity index (χ4n) is 7.65. The molecule has 5 nitrogen and oxygen atoms in total. The van der Waals surface area contributed by atoms with Crippen LogP contribution in [0.5, 0.6) is 0 Å². The van der Waals surface area contributed by atoms with Crippen LogP contribution >= 0.6 is 14.3 Å². The SMILES string of the molecule is Cc1cc(C)c(C(=O)P(=O)(C(=O)c2c(C)cc(C)cc2C)c2ccccc2)c(C)c1.Cc1cc(C)c(C(=O)P(=O)(c2ccccc2)c2ccccc2)c(C)c1. The number of aryl methyl sites for hydroxylation is 9. The summed E-state index contributed by atoms with van der Waals surface area (Å²) in [6, 6.07) is 38.1. The average Bonchev–Trinajstić information content (AvgIpc) is 3.14. The smallest absolute Gasteiger partial charge is 0.248 e. The Labute approximate surface area is 325 Å². The van der Waals surface area contributed by atoms with E-state index in [0.717, 1.165) is 50.1 Å². The van der Waals surface area contributed by atoms with E-state index in [1.165, 1.54) is 0 Å². The number of carbonyl (C=O) groups excluding carboxylic acids is 3. The van der Waals surface area contributed by atoms with Crippen LogP contribution in [0.3, 0.4) is 0 Å². The van der Waals surface area contributed by atoms with Crippen LogP contribution in [-0.4, -0.2) is 16.6 Å². The third-order valence-electron chi connectivity index (χ3n) is 9.89. The molecule has 0 amide bonds. The summed E-state index contributed by atoms with van der Waals surface area (Å²) < 4.78 is 28.7. The van der Waals surface area contributed by atoms with Gasteiger partial charge in [0, 0.05) is 32.6 Å². The minimum absolute atomic E-state index is 0.277. The molecule has 6 aromatic carbocycles. The number of carbonyl (C=O) groups is 3. The van der Waals surface area contributed by atoms with Gasteiger partial charge < -0.3 is 9.13 Å². The number of hydrogen-bond donors (Lipinski definition) is 0. The van der Waals surface area contributed by atoms with Gasteiger partial charge in [0.05, 0.1) is 0 Å². The monoisotopic (exact) mass is 766 g/mol. The summed E-state index contributed by atoms with van der Waals surface area (Å²) in [5.74, 6) is 0. The van der Waals surface area contributed by atoms with Crippen molar-refractivity contribution in [2.24, 2.45) is 0 Å². The zero-order chi connectivity index (χ0) is 40.2. The third kappa shape index (κ3) is 8.11. The number of benzene rings is 6. The second-order valence-electron chi connectivity index (χ2n) is 14.5. The molecule has 0 saturated carbocycles. The molecule has 0 radical (unpaired) electrons. The van der Waals surface area contributed by atoms with E-state index in [2.05, 4.69) is 0 Å². The normalized spacial score (nSPS) is 11.4. The van der Waals surface area contributed by atoms with Crippen LogP contribution in [-0.2, 0) is 9.13 Å². The molecule has 0 spiro atoms. The second kappa shape index (κ2) is 16.7. The van der Waals surface area contributed by atoms with E-state index in [0.29, 0.717) is 27.3 Å². The Morgan fingerprint density at radius 3 is 0.855 bits per heavy atom. The Bertz CT molecular complexity index is 2330. The van der Waals surface area contributed by atoms with Crippen LogP contribution in [0, 0.1) is 62.3 Å². The summed E-state index contributed by atoms with van der Waals surface area (Å²) in [5, 5.41) is 1.43. The standard InChI is InChI=1S/C26H27O3P.C22H21O2P/c1-16-12-18(3)23(19(4)13-16)25(27)30(29,22-10-8-7-9-11-22)26(28)24-20(5)14-17(2)15-21(24)6;1-16-14-17(2)21(18(3)15-16)22(23)25(24,19-10-6-4-7-11-19)20-12-8-5-9-13-20/h7-15H,1-6H3;4-15H,1-3H3. The zero-order valence-electron chi connectivity index (χ0n) is 33.1. The van der Waals surface area contributed by atoms with E-state index in [9.17, 15) is 23.5 Å². The summed E-state index contributed by atoms with van der Waals surface area (Å²) in [6.45, 7) is 17.0. The van der Waals surface area contributed by atoms with Crippen molar-refractivity contribution in [2.45, 2.75) is 62.3 Å². The highest BCUT2D eigenvalue weighted by Gasteiger charge is 2.44. The van der Waals surface area contributed by atoms with Crippen molar-refractivity contribution in [1.29, 1.82) is 0 Å². The number of hydrogen-bond acceptors (Lipinski definition) is 5. The Kier molecular flexibility index (Phi) is 12.4. The van der Waals surface area contributed by atoms with Crippen LogP contribution in [0.2, 0.25) is 0 Å². The van der Waals surface area contributed by atoms with Crippen molar-refractivity contribution in [2.75, 3.05) is 0 Å². The fraction of sp³-hybridized carbons (Fsp3) is 0.188. The molecule has 0 N–H and O–H groups in total. The van der Waals surface area contributed by atoms with E-state index < -0.39 is 25.3 Å². The third-order valence-corrected chi connectivity index (χ3v) is 15.4. The molecule has 6 rings (SSSR count). The van der Waals surface area contributed by atoms with E-state index >= 15 is 0 Å². The predicted molar refractivity (Wildman–Crippen MR) is 228 cm³/mol. The Hall–Kier alpha value is -5.21. The maximum atomic E-state index is 14.5. The Morgan fingerprint density at radius 1 is 0.345 bits per heavy atom. The van der Waals surface area contributed by atoms with Gasteiger partial charge in [0.2, 0.25) is 30.9 Å². The van der Waals surface area contributed by atoms with Crippen molar-refractivity contribution in [3.8, 4) is 0 Å². The van der Waals surface area contributed by atoms with Crippen LogP contribution in [0.15, 0.2) is 127 Å². The van der Waals surface area contributed by atoms with Gasteiger partial charge in [-0.1, -0.05) is 144 Å². The van der Waals surface area contributed by atoms with Crippen molar-refractivity contribution in [3.63, 3.8) is 0 Å². The summed E-state index contributed by atoms with van der Waals surface area (Å²) in [5.41, 5.74) is 7.68. The molecule has 0 aromatic heterocycles. The minimum atomic E-state index is -4.11. The zero-order valence-corrected chi connectivity index (χ0v) is 34.8. The molecule has 0 fully saturated rings. The van der Waals surface area contributed by atoms with Gasteiger partial charge >= 0.3 is 0 Å². The second-order valence-corrected chi connectivity index (χ2v) is 19.7. The lowest BCUT2D eigenvalue weighted by Crippen LogP contribution is -2.23. The number of rotatable bonds is 9. The summed E-state index contributed by atoms with van der Waals surface area (Å²) >= 11 is 0. The maximum absolute atomic E-state index is 14.5. The highest BCUT2D eigenvalue weighted by molar-refractivity contribution is 8.01. The van der Waals surface area contributed by atoms with E-state index in [-0.39, 0.29) is 10.8 Å². The first kappa shape index (κ1) is 41.0. The van der Waals surface area contributed by atoms with Crippen LogP contribution in [0.1, 0.15) is 81.1 Å². The topological polar surface area (TPSA) is 85.3 Å². The van der Waals surface area contributed by atoms with Crippen molar-refractivity contribution >= 4 is 46.8 Å². The van der Waals surface area contributed by atoms with Gasteiger partial charge in [0.1, 0.15) is 0 Å². The van der Waals surface area contributed by atoms with Gasteiger partial charge in [-0.2, -0.15) is 0 Å². The van der Waals surface area contributed by atoms with Crippen molar-refractivity contribution < 1.29 is 23.5 Å². The molecule has 0 unspecified atom stereocenters. The molecule has 0 saturated heterocycles. The van der Waals surface area contributed by atoms with Crippen LogP contribution in [0.4, 0.5) is 0 Å². The first-order valence-corrected chi connectivity index (χ1v) is 21.7. The van der Waals surface area contributed by atoms with Gasteiger partial charge in [-0.05, 0) is 95.7 Å². The highest BCUT2D eigenvalue weighted by Crippen LogP contribution is 2.53. The van der Waals surface area contributed by atoms with Gasteiger partial charge in [0.25, 0.3) is 0 Å². The molecule has 7 heteroatoms. The largest absolute Gasteiger partial charge is 0.305 e. The van der Waals surface area contributed by atoms with E-state index in [4.69, 9.17) is 0 Å².